The normalized spacial score (nSPS) is 6.65. The molecule has 0 fully saturated rings. The van der Waals surface area contributed by atoms with E-state index in [4.69, 9.17) is 14.0 Å². The Bertz CT molecular complexity index is 362. The van der Waals surface area contributed by atoms with Gasteiger partial charge in [-0.15, -0.1) is 8.19 Å². The molecule has 0 N–H and O–H groups in total. The zero-order chi connectivity index (χ0) is 13.7. The molecule has 1 heterocycles. The molecule has 0 aliphatic carbocycles. The zero-order valence-electron chi connectivity index (χ0n) is 9.59. The maximum atomic E-state index is 10.9. The third-order valence-electron chi connectivity index (χ3n) is 1.75. The summed E-state index contributed by atoms with van der Waals surface area (Å²) in [5, 5.41) is 1.01. The Kier molecular flexibility index (Phi) is 26.0. The van der Waals surface area contributed by atoms with Crippen LogP contribution >= 0.6 is 8.19 Å². The van der Waals surface area contributed by atoms with Crippen molar-refractivity contribution in [2.75, 3.05) is 0 Å². The summed E-state index contributed by atoms with van der Waals surface area (Å²) in [5.74, 6) is 2.36. The van der Waals surface area contributed by atoms with Crippen molar-refractivity contribution < 1.29 is 35.8 Å². The zero-order valence-corrected chi connectivity index (χ0v) is 11.8. The Morgan fingerprint density at radius 1 is 1.12 bits per heavy atom. The van der Waals surface area contributed by atoms with Gasteiger partial charge >= 0.3 is 33.9 Å². The van der Waals surface area contributed by atoms with Gasteiger partial charge in [0.1, 0.15) is 0 Å². The average Bonchev–Trinajstić information content (AvgIpc) is 2.68. The van der Waals surface area contributed by atoms with Crippen LogP contribution in [0.1, 0.15) is 28.1 Å². The molecule has 1 aromatic heterocycles. The summed E-state index contributed by atoms with van der Waals surface area (Å²) in [7, 11) is 0.609. The number of rotatable bonds is 1. The van der Waals surface area contributed by atoms with E-state index in [-0.39, 0.29) is 22.9 Å². The van der Waals surface area contributed by atoms with Crippen molar-refractivity contribution >= 4 is 14.0 Å². The van der Waals surface area contributed by atoms with E-state index >= 15 is 0 Å². The number of carbonyl (C=O) groups excluding carboxylic acids is 1. The second-order valence-electron chi connectivity index (χ2n) is 2.53. The summed E-state index contributed by atoms with van der Waals surface area (Å²) >= 11 is 0. The standard InChI is InChI=1S/C8H11OP.3CO.Mn/c1-5-4-10-8(6(5)2)7(3)9;3*1-2;/h4,10H,1-3H3;;;;. The van der Waals surface area contributed by atoms with Crippen LogP contribution in [0.5, 0.6) is 0 Å². The number of hydrogen-bond donors (Lipinski definition) is 0. The summed E-state index contributed by atoms with van der Waals surface area (Å²) in [6.45, 7) is 19.2. The molecular weight excluding hydrogens is 282 g/mol. The van der Waals surface area contributed by atoms with Crippen molar-refractivity contribution in [2.45, 2.75) is 20.8 Å². The van der Waals surface area contributed by atoms with Crippen molar-refractivity contribution in [3.63, 3.8) is 0 Å². The SMILES string of the molecule is CC(=O)c1[pH]cc(C)c1C.[C-]#[O+].[C-]#[O+].[C-]#[O+].[Mn]. The second-order valence-corrected chi connectivity index (χ2v) is 3.61. The molecule has 0 saturated carbocycles. The van der Waals surface area contributed by atoms with Gasteiger partial charge in [0, 0.05) is 22.4 Å². The van der Waals surface area contributed by atoms with E-state index in [1.165, 1.54) is 11.1 Å². The van der Waals surface area contributed by atoms with Crippen molar-refractivity contribution in [1.29, 1.82) is 0 Å². The molecule has 0 aliphatic heterocycles. The van der Waals surface area contributed by atoms with Gasteiger partial charge in [0.2, 0.25) is 0 Å². The Morgan fingerprint density at radius 3 is 1.59 bits per heavy atom. The molecule has 6 heteroatoms. The number of ketones is 1. The first-order valence-electron chi connectivity index (χ1n) is 3.89. The Morgan fingerprint density at radius 2 is 1.47 bits per heavy atom. The summed E-state index contributed by atoms with van der Waals surface area (Å²) < 4.78 is 22.5. The van der Waals surface area contributed by atoms with E-state index in [0.717, 1.165) is 5.30 Å². The minimum Gasteiger partial charge on any atom is 0 e. The first kappa shape index (κ1) is 25.1. The molecular formula is C11H11MnO4P. The maximum Gasteiger partial charge on any atom is 0 e. The monoisotopic (exact) mass is 293 g/mol. The predicted molar refractivity (Wildman–Crippen MR) is 57.2 cm³/mol. The molecule has 1 atom stereocenters. The van der Waals surface area contributed by atoms with Crippen LogP contribution in [0, 0.1) is 33.8 Å². The first-order valence-corrected chi connectivity index (χ1v) is 4.97. The van der Waals surface area contributed by atoms with Crippen LogP contribution in [-0.4, -0.2) is 5.78 Å². The average molecular weight is 293 g/mol. The topological polar surface area (TPSA) is 76.8 Å². The second kappa shape index (κ2) is 17.6. The smallest absolute Gasteiger partial charge is 0 e. The molecule has 17 heavy (non-hydrogen) atoms. The molecule has 91 valence electrons. The van der Waals surface area contributed by atoms with Crippen LogP contribution < -0.4 is 0 Å². The minimum absolute atomic E-state index is 0. The van der Waals surface area contributed by atoms with Gasteiger partial charge in [0.15, 0.2) is 5.78 Å². The predicted octanol–water partition coefficient (Wildman–Crippen LogP) is 2.42. The van der Waals surface area contributed by atoms with Crippen molar-refractivity contribution in [3.8, 4) is 0 Å². The fraction of sp³-hybridized carbons (Fsp3) is 0.273. The summed E-state index contributed by atoms with van der Waals surface area (Å²) in [6.07, 6.45) is 0. The third kappa shape index (κ3) is 10.1. The van der Waals surface area contributed by atoms with Crippen LogP contribution in [0.15, 0.2) is 5.80 Å². The summed E-state index contributed by atoms with van der Waals surface area (Å²) in [5.41, 5.74) is 2.45. The van der Waals surface area contributed by atoms with Crippen LogP contribution in [0.25, 0.3) is 0 Å². The Labute approximate surface area is 113 Å². The first-order chi connectivity index (χ1) is 7.63. The Balaban J connectivity index is -0.000000106. The van der Waals surface area contributed by atoms with Gasteiger partial charge in [0.05, 0.1) is 0 Å². The quantitative estimate of drug-likeness (QED) is 0.339. The molecule has 1 rings (SSSR count). The molecule has 0 aromatic carbocycles. The molecule has 1 aromatic rings. The van der Waals surface area contributed by atoms with Gasteiger partial charge in [-0.25, -0.2) is 0 Å². The van der Waals surface area contributed by atoms with Crippen LogP contribution in [-0.2, 0) is 31.0 Å². The van der Waals surface area contributed by atoms with Gasteiger partial charge in [-0.1, -0.05) is 0 Å². The molecule has 0 spiro atoms. The number of carbonyl (C=O) groups is 1. The van der Waals surface area contributed by atoms with Gasteiger partial charge in [-0.05, 0) is 37.7 Å². The molecule has 1 radical (unpaired) electrons. The van der Waals surface area contributed by atoms with Crippen molar-refractivity contribution in [2.24, 2.45) is 0 Å². The largest absolute Gasteiger partial charge is 0 e. The van der Waals surface area contributed by atoms with Crippen LogP contribution in [0.2, 0.25) is 0 Å². The third-order valence-corrected chi connectivity index (χ3v) is 3.34. The van der Waals surface area contributed by atoms with E-state index in [1.807, 2.05) is 6.92 Å². The molecule has 0 saturated heterocycles. The van der Waals surface area contributed by atoms with Crippen LogP contribution in [0.3, 0.4) is 0 Å². The van der Waals surface area contributed by atoms with E-state index in [9.17, 15) is 4.79 Å². The fourth-order valence-electron chi connectivity index (χ4n) is 0.960. The van der Waals surface area contributed by atoms with Gasteiger partial charge in [0.25, 0.3) is 0 Å². The summed E-state index contributed by atoms with van der Waals surface area (Å²) in [4.78, 5) is 10.9. The van der Waals surface area contributed by atoms with E-state index in [2.05, 4.69) is 32.7 Å². The van der Waals surface area contributed by atoms with E-state index < -0.39 is 0 Å². The van der Waals surface area contributed by atoms with Gasteiger partial charge < -0.3 is 0 Å². The maximum absolute atomic E-state index is 10.9. The number of aryl methyl sites for hydroxylation is 1. The van der Waals surface area contributed by atoms with Crippen LogP contribution in [0.4, 0.5) is 0 Å². The van der Waals surface area contributed by atoms with Crippen molar-refractivity contribution in [3.05, 3.63) is 42.2 Å². The van der Waals surface area contributed by atoms with E-state index in [0.29, 0.717) is 8.19 Å². The van der Waals surface area contributed by atoms with E-state index in [1.54, 1.807) is 6.92 Å². The minimum atomic E-state index is 0. The van der Waals surface area contributed by atoms with Gasteiger partial charge in [-0.2, -0.15) is 0 Å². The fourth-order valence-corrected chi connectivity index (χ4v) is 2.15. The number of Topliss-reactive ketones (excluding diaryl/α,β-unsaturated/α-hetero) is 1. The number of hydrogen-bond acceptors (Lipinski definition) is 1. The summed E-state index contributed by atoms with van der Waals surface area (Å²) in [6, 6.07) is 0. The molecule has 0 bridgehead atoms. The molecule has 0 amide bonds. The molecule has 4 nitrogen and oxygen atoms in total. The van der Waals surface area contributed by atoms with Crippen molar-refractivity contribution in [1.82, 2.24) is 0 Å². The van der Waals surface area contributed by atoms with Gasteiger partial charge in [-0.3, -0.25) is 4.79 Å². The Hall–Kier alpha value is -0.811. The molecule has 1 unspecified atom stereocenters. The molecule has 0 aliphatic rings.